The van der Waals surface area contributed by atoms with Gasteiger partial charge in [-0.2, -0.15) is 0 Å². The second-order valence-corrected chi connectivity index (χ2v) is 9.57. The Bertz CT molecular complexity index is 1140. The molecule has 3 aromatic rings. The molecule has 0 aliphatic rings. The summed E-state index contributed by atoms with van der Waals surface area (Å²) in [6.45, 7) is 8.34. The number of carbonyl (C=O) groups is 2. The first kappa shape index (κ1) is 24.7. The topological polar surface area (TPSA) is 102 Å². The van der Waals surface area contributed by atoms with Gasteiger partial charge in [0, 0.05) is 20.6 Å². The monoisotopic (exact) mass is 488 g/mol. The maximum absolute atomic E-state index is 12.5. The maximum atomic E-state index is 12.5. The standard InChI is InChI=1S/C22H28N6O3S2/c1-7-28-19(15(4)31-16-10-8-9-13(2)11-16)25-26-22(28)32-12-17(29)24-21-23-14(3)18(33-21)20(30)27(5)6/h8-11,15H,7,12H2,1-6H3,(H,23,24,29). The summed E-state index contributed by atoms with van der Waals surface area (Å²) in [7, 11) is 3.36. The van der Waals surface area contributed by atoms with Crippen molar-refractivity contribution in [1.82, 2.24) is 24.6 Å². The van der Waals surface area contributed by atoms with Crippen LogP contribution in [0.3, 0.4) is 0 Å². The van der Waals surface area contributed by atoms with E-state index >= 15 is 0 Å². The molecule has 0 fully saturated rings. The zero-order valence-electron chi connectivity index (χ0n) is 19.6. The van der Waals surface area contributed by atoms with E-state index in [1.165, 1.54) is 28.0 Å². The van der Waals surface area contributed by atoms with E-state index in [4.69, 9.17) is 4.74 Å². The van der Waals surface area contributed by atoms with Crippen molar-refractivity contribution >= 4 is 40.0 Å². The number of nitrogens with zero attached hydrogens (tertiary/aromatic N) is 5. The molecule has 1 aromatic carbocycles. The van der Waals surface area contributed by atoms with Gasteiger partial charge in [0.2, 0.25) is 5.91 Å². The lowest BCUT2D eigenvalue weighted by molar-refractivity contribution is -0.113. The van der Waals surface area contributed by atoms with Crippen molar-refractivity contribution in [3.63, 3.8) is 0 Å². The molecule has 2 aromatic heterocycles. The van der Waals surface area contributed by atoms with Gasteiger partial charge in [0.15, 0.2) is 22.2 Å². The fourth-order valence-corrected chi connectivity index (χ4v) is 4.90. The van der Waals surface area contributed by atoms with Gasteiger partial charge in [-0.1, -0.05) is 35.2 Å². The van der Waals surface area contributed by atoms with E-state index < -0.39 is 0 Å². The highest BCUT2D eigenvalue weighted by molar-refractivity contribution is 7.99. The van der Waals surface area contributed by atoms with Gasteiger partial charge < -0.3 is 19.5 Å². The minimum absolute atomic E-state index is 0.134. The fraction of sp³-hybridized carbons (Fsp3) is 0.409. The number of hydrogen-bond donors (Lipinski definition) is 1. The molecular formula is C22H28N6O3S2. The number of anilines is 1. The normalized spacial score (nSPS) is 11.8. The summed E-state index contributed by atoms with van der Waals surface area (Å²) >= 11 is 2.46. The summed E-state index contributed by atoms with van der Waals surface area (Å²) in [5, 5.41) is 12.4. The highest BCUT2D eigenvalue weighted by Crippen LogP contribution is 2.26. The van der Waals surface area contributed by atoms with Crippen LogP contribution in [0, 0.1) is 13.8 Å². The summed E-state index contributed by atoms with van der Waals surface area (Å²) < 4.78 is 7.99. The predicted octanol–water partition coefficient (Wildman–Crippen LogP) is 3.94. The number of hydrogen-bond acceptors (Lipinski definition) is 8. The Morgan fingerprint density at radius 3 is 2.70 bits per heavy atom. The second-order valence-electron chi connectivity index (χ2n) is 7.63. The average Bonchev–Trinajstić information content (AvgIpc) is 3.34. The molecule has 9 nitrogen and oxygen atoms in total. The van der Waals surface area contributed by atoms with Crippen LogP contribution in [0.2, 0.25) is 0 Å². The average molecular weight is 489 g/mol. The fourth-order valence-electron chi connectivity index (χ4n) is 3.09. The van der Waals surface area contributed by atoms with Gasteiger partial charge in [-0.15, -0.1) is 10.2 Å². The van der Waals surface area contributed by atoms with Crippen LogP contribution >= 0.6 is 23.1 Å². The summed E-state index contributed by atoms with van der Waals surface area (Å²) in [4.78, 5) is 31.0. The van der Waals surface area contributed by atoms with Crippen LogP contribution in [0.1, 0.15) is 46.7 Å². The Labute approximate surface area is 201 Å². The highest BCUT2D eigenvalue weighted by Gasteiger charge is 2.21. The molecular weight excluding hydrogens is 460 g/mol. The van der Waals surface area contributed by atoms with Crippen LogP contribution in [0.25, 0.3) is 0 Å². The molecule has 33 heavy (non-hydrogen) atoms. The molecule has 176 valence electrons. The first-order valence-corrected chi connectivity index (χ1v) is 12.3. The summed E-state index contributed by atoms with van der Waals surface area (Å²) in [6.07, 6.45) is -0.298. The number of benzene rings is 1. The van der Waals surface area contributed by atoms with E-state index in [1.807, 2.05) is 49.6 Å². The van der Waals surface area contributed by atoms with Crippen LogP contribution in [-0.4, -0.2) is 56.3 Å². The van der Waals surface area contributed by atoms with Crippen molar-refractivity contribution in [2.75, 3.05) is 25.2 Å². The summed E-state index contributed by atoms with van der Waals surface area (Å²) in [6, 6.07) is 7.85. The Kier molecular flexibility index (Phi) is 8.09. The highest BCUT2D eigenvalue weighted by atomic mass is 32.2. The Hall–Kier alpha value is -2.92. The van der Waals surface area contributed by atoms with E-state index in [-0.39, 0.29) is 23.7 Å². The van der Waals surface area contributed by atoms with E-state index in [9.17, 15) is 9.59 Å². The Morgan fingerprint density at radius 2 is 2.03 bits per heavy atom. The molecule has 1 unspecified atom stereocenters. The number of thiazole rings is 1. The van der Waals surface area contributed by atoms with Gasteiger partial charge in [-0.05, 0) is 45.4 Å². The first-order valence-electron chi connectivity index (χ1n) is 10.5. The largest absolute Gasteiger partial charge is 0.483 e. The van der Waals surface area contributed by atoms with Gasteiger partial charge >= 0.3 is 0 Å². The minimum atomic E-state index is -0.298. The molecule has 0 aliphatic heterocycles. The van der Waals surface area contributed by atoms with E-state index in [0.717, 1.165) is 11.3 Å². The Balaban J connectivity index is 1.62. The van der Waals surface area contributed by atoms with Crippen LogP contribution in [0.15, 0.2) is 29.4 Å². The number of rotatable bonds is 9. The predicted molar refractivity (Wildman–Crippen MR) is 130 cm³/mol. The number of aryl methyl sites for hydroxylation is 2. The van der Waals surface area contributed by atoms with Gasteiger partial charge in [0.1, 0.15) is 10.6 Å². The first-order chi connectivity index (χ1) is 15.7. The van der Waals surface area contributed by atoms with Crippen molar-refractivity contribution in [1.29, 1.82) is 0 Å². The SMILES string of the molecule is CCn1c(SCC(=O)Nc2nc(C)c(C(=O)N(C)C)s2)nnc1C(C)Oc1cccc(C)c1. The molecule has 0 spiro atoms. The van der Waals surface area contributed by atoms with Crippen molar-refractivity contribution in [2.45, 2.75) is 45.5 Å². The smallest absolute Gasteiger partial charge is 0.265 e. The molecule has 0 radical (unpaired) electrons. The number of aromatic nitrogens is 4. The van der Waals surface area contributed by atoms with Gasteiger partial charge in [0.25, 0.3) is 5.91 Å². The zero-order chi connectivity index (χ0) is 24.1. The number of thioether (sulfide) groups is 1. The molecule has 1 N–H and O–H groups in total. The van der Waals surface area contributed by atoms with E-state index in [2.05, 4.69) is 20.5 Å². The summed E-state index contributed by atoms with van der Waals surface area (Å²) in [5.74, 6) is 1.25. The molecule has 0 bridgehead atoms. The van der Waals surface area contributed by atoms with Crippen molar-refractivity contribution in [2.24, 2.45) is 0 Å². The summed E-state index contributed by atoms with van der Waals surface area (Å²) in [5.41, 5.74) is 1.71. The van der Waals surface area contributed by atoms with Crippen LogP contribution in [0.5, 0.6) is 5.75 Å². The van der Waals surface area contributed by atoms with E-state index in [0.29, 0.717) is 33.2 Å². The van der Waals surface area contributed by atoms with Crippen molar-refractivity contribution in [3.8, 4) is 5.75 Å². The minimum Gasteiger partial charge on any atom is -0.483 e. The van der Waals surface area contributed by atoms with Crippen LogP contribution in [0.4, 0.5) is 5.13 Å². The molecule has 2 amide bonds. The third-order valence-electron chi connectivity index (χ3n) is 4.70. The third-order valence-corrected chi connectivity index (χ3v) is 6.73. The molecule has 3 rings (SSSR count). The second kappa shape index (κ2) is 10.8. The molecule has 0 aliphatic carbocycles. The van der Waals surface area contributed by atoms with Crippen LogP contribution in [-0.2, 0) is 11.3 Å². The molecule has 11 heteroatoms. The Morgan fingerprint density at radius 1 is 1.27 bits per heavy atom. The zero-order valence-corrected chi connectivity index (χ0v) is 21.2. The van der Waals surface area contributed by atoms with Crippen LogP contribution < -0.4 is 10.1 Å². The maximum Gasteiger partial charge on any atom is 0.265 e. The van der Waals surface area contributed by atoms with E-state index in [1.54, 1.807) is 21.0 Å². The quantitative estimate of drug-likeness (QED) is 0.455. The lowest BCUT2D eigenvalue weighted by atomic mass is 10.2. The third kappa shape index (κ3) is 6.11. The number of amides is 2. The van der Waals surface area contributed by atoms with Gasteiger partial charge in [-0.25, -0.2) is 4.98 Å². The van der Waals surface area contributed by atoms with Gasteiger partial charge in [0.05, 0.1) is 11.4 Å². The number of ether oxygens (including phenoxy) is 1. The lowest BCUT2D eigenvalue weighted by Gasteiger charge is -2.15. The van der Waals surface area contributed by atoms with Gasteiger partial charge in [-0.3, -0.25) is 9.59 Å². The molecule has 1 atom stereocenters. The molecule has 0 saturated carbocycles. The van der Waals surface area contributed by atoms with Crippen molar-refractivity contribution in [3.05, 3.63) is 46.2 Å². The number of carbonyl (C=O) groups excluding carboxylic acids is 2. The lowest BCUT2D eigenvalue weighted by Crippen LogP contribution is -2.21. The number of nitrogens with one attached hydrogen (secondary N) is 1. The van der Waals surface area contributed by atoms with Crippen molar-refractivity contribution < 1.29 is 14.3 Å². The molecule has 2 heterocycles. The molecule has 0 saturated heterocycles.